The molecule has 6 heteroatoms. The van der Waals surface area contributed by atoms with Crippen molar-refractivity contribution in [3.63, 3.8) is 0 Å². The maximum absolute atomic E-state index is 12.0. The second kappa shape index (κ2) is 6.65. The Bertz CT molecular complexity index is 392. The van der Waals surface area contributed by atoms with Crippen molar-refractivity contribution in [1.29, 1.82) is 0 Å². The normalized spacial score (nSPS) is 28.5. The summed E-state index contributed by atoms with van der Waals surface area (Å²) in [6.07, 6.45) is 4.75. The molecule has 2 aliphatic rings. The Kier molecular flexibility index (Phi) is 5.30. The summed E-state index contributed by atoms with van der Waals surface area (Å²) in [6, 6.07) is 0.431. The molecular formula is C15H28N2O3S. The molecule has 2 rings (SSSR count). The Balaban J connectivity index is 1.78. The van der Waals surface area contributed by atoms with E-state index in [1.165, 1.54) is 0 Å². The summed E-state index contributed by atoms with van der Waals surface area (Å²) in [5, 5.41) is 6.60. The minimum Gasteiger partial charge on any atom is -0.444 e. The van der Waals surface area contributed by atoms with Gasteiger partial charge in [0.05, 0.1) is 5.54 Å². The zero-order valence-corrected chi connectivity index (χ0v) is 14.2. The fourth-order valence-corrected chi connectivity index (χ4v) is 4.11. The van der Waals surface area contributed by atoms with Crippen LogP contribution in [0.15, 0.2) is 0 Å². The Hall–Kier alpha value is -0.620. The maximum atomic E-state index is 12.0. The molecule has 0 radical (unpaired) electrons. The van der Waals surface area contributed by atoms with E-state index < -0.39 is 16.4 Å². The van der Waals surface area contributed by atoms with Gasteiger partial charge in [-0.15, -0.1) is 0 Å². The maximum Gasteiger partial charge on any atom is 0.408 e. The van der Waals surface area contributed by atoms with Crippen molar-refractivity contribution < 1.29 is 13.7 Å². The van der Waals surface area contributed by atoms with E-state index in [0.29, 0.717) is 6.04 Å². The van der Waals surface area contributed by atoms with Crippen molar-refractivity contribution >= 4 is 16.9 Å². The molecular weight excluding hydrogens is 288 g/mol. The van der Waals surface area contributed by atoms with Crippen LogP contribution in [0.25, 0.3) is 0 Å². The fourth-order valence-electron chi connectivity index (χ4n) is 2.81. The molecule has 0 unspecified atom stereocenters. The Morgan fingerprint density at radius 2 is 1.90 bits per heavy atom. The van der Waals surface area contributed by atoms with Gasteiger partial charge in [-0.05, 0) is 52.9 Å². The van der Waals surface area contributed by atoms with Crippen LogP contribution in [0.3, 0.4) is 0 Å². The summed E-state index contributed by atoms with van der Waals surface area (Å²) >= 11 is 0. The zero-order valence-electron chi connectivity index (χ0n) is 13.4. The van der Waals surface area contributed by atoms with Gasteiger partial charge in [-0.3, -0.25) is 4.21 Å². The van der Waals surface area contributed by atoms with E-state index >= 15 is 0 Å². The summed E-state index contributed by atoms with van der Waals surface area (Å²) in [7, 11) is -0.624. The number of alkyl carbamates (subject to hydrolysis) is 1. The van der Waals surface area contributed by atoms with Gasteiger partial charge in [-0.25, -0.2) is 4.79 Å². The average Bonchev–Trinajstić information content (AvgIpc) is 2.32. The summed E-state index contributed by atoms with van der Waals surface area (Å²) in [5.41, 5.74) is -0.616. The molecule has 5 nitrogen and oxygen atoms in total. The van der Waals surface area contributed by atoms with E-state index in [9.17, 15) is 9.00 Å². The van der Waals surface area contributed by atoms with Gasteiger partial charge in [-0.1, -0.05) is 0 Å². The van der Waals surface area contributed by atoms with Crippen LogP contribution in [-0.2, 0) is 15.5 Å². The number of carbonyl (C=O) groups is 1. The number of nitrogens with one attached hydrogen (secondary N) is 2. The summed E-state index contributed by atoms with van der Waals surface area (Å²) in [6.45, 7) is 6.41. The lowest BCUT2D eigenvalue weighted by Crippen LogP contribution is -2.61. The molecule has 1 heterocycles. The van der Waals surface area contributed by atoms with Gasteiger partial charge < -0.3 is 15.4 Å². The monoisotopic (exact) mass is 316 g/mol. The molecule has 1 saturated carbocycles. The third-order valence-electron chi connectivity index (χ3n) is 4.19. The number of amides is 1. The van der Waals surface area contributed by atoms with E-state index in [2.05, 4.69) is 10.6 Å². The van der Waals surface area contributed by atoms with Gasteiger partial charge in [-0.2, -0.15) is 0 Å². The molecule has 0 bridgehead atoms. The highest BCUT2D eigenvalue weighted by atomic mass is 32.2. The van der Waals surface area contributed by atoms with E-state index in [1.54, 1.807) is 0 Å². The predicted octanol–water partition coefficient (Wildman–Crippen LogP) is 1.93. The average molecular weight is 316 g/mol. The molecule has 122 valence electrons. The van der Waals surface area contributed by atoms with Crippen LogP contribution in [0, 0.1) is 0 Å². The lowest BCUT2D eigenvalue weighted by Gasteiger charge is -2.43. The SMILES string of the molecule is CC(C)(C)OC(=O)NC1(CNC2CCS(=O)CC2)CCC1. The van der Waals surface area contributed by atoms with Gasteiger partial charge in [0.15, 0.2) is 0 Å². The predicted molar refractivity (Wildman–Crippen MR) is 84.9 cm³/mol. The van der Waals surface area contributed by atoms with Crippen molar-refractivity contribution in [2.45, 2.75) is 70.1 Å². The van der Waals surface area contributed by atoms with Crippen molar-refractivity contribution in [3.8, 4) is 0 Å². The van der Waals surface area contributed by atoms with E-state index in [1.807, 2.05) is 20.8 Å². The van der Waals surface area contributed by atoms with Crippen molar-refractivity contribution in [2.24, 2.45) is 0 Å². The van der Waals surface area contributed by atoms with Gasteiger partial charge in [0.2, 0.25) is 0 Å². The van der Waals surface area contributed by atoms with Crippen LogP contribution < -0.4 is 10.6 Å². The summed E-state index contributed by atoms with van der Waals surface area (Å²) in [4.78, 5) is 12.0. The quantitative estimate of drug-likeness (QED) is 0.832. The van der Waals surface area contributed by atoms with Gasteiger partial charge in [0, 0.05) is 34.9 Å². The summed E-state index contributed by atoms with van der Waals surface area (Å²) < 4.78 is 16.7. The molecule has 1 aliphatic carbocycles. The molecule has 0 spiro atoms. The third-order valence-corrected chi connectivity index (χ3v) is 5.58. The third kappa shape index (κ3) is 5.25. The first kappa shape index (κ1) is 16.7. The molecule has 0 aromatic rings. The first-order chi connectivity index (χ1) is 9.78. The highest BCUT2D eigenvalue weighted by Gasteiger charge is 2.39. The van der Waals surface area contributed by atoms with E-state index in [4.69, 9.17) is 4.74 Å². The number of ether oxygens (including phenoxy) is 1. The van der Waals surface area contributed by atoms with Crippen LogP contribution in [0.2, 0.25) is 0 Å². The first-order valence-electron chi connectivity index (χ1n) is 7.88. The Morgan fingerprint density at radius 1 is 1.29 bits per heavy atom. The van der Waals surface area contributed by atoms with Crippen LogP contribution >= 0.6 is 0 Å². The molecule has 1 amide bonds. The van der Waals surface area contributed by atoms with Gasteiger partial charge in [0.1, 0.15) is 5.60 Å². The second-order valence-electron chi connectivity index (χ2n) is 7.26. The number of hydrogen-bond donors (Lipinski definition) is 2. The molecule has 2 N–H and O–H groups in total. The molecule has 2 fully saturated rings. The number of rotatable bonds is 4. The Morgan fingerprint density at radius 3 is 2.38 bits per heavy atom. The fraction of sp³-hybridized carbons (Fsp3) is 0.933. The zero-order chi connectivity index (χ0) is 15.5. The molecule has 0 aromatic heterocycles. The van der Waals surface area contributed by atoms with Crippen molar-refractivity contribution in [3.05, 3.63) is 0 Å². The standard InChI is InChI=1S/C15H28N2O3S/c1-14(2,3)20-13(18)17-15(7-4-8-15)11-16-12-5-9-21(19)10-6-12/h12,16H,4-11H2,1-3H3,(H,17,18). The summed E-state index contributed by atoms with van der Waals surface area (Å²) in [5.74, 6) is 1.59. The highest BCUT2D eigenvalue weighted by molar-refractivity contribution is 7.85. The van der Waals surface area contributed by atoms with Crippen LogP contribution in [0.4, 0.5) is 4.79 Å². The van der Waals surface area contributed by atoms with Crippen molar-refractivity contribution in [1.82, 2.24) is 10.6 Å². The molecule has 1 saturated heterocycles. The molecule has 1 aliphatic heterocycles. The lowest BCUT2D eigenvalue weighted by atomic mass is 9.76. The van der Waals surface area contributed by atoms with Crippen molar-refractivity contribution in [2.75, 3.05) is 18.1 Å². The second-order valence-corrected chi connectivity index (χ2v) is 8.96. The van der Waals surface area contributed by atoms with E-state index in [-0.39, 0.29) is 11.6 Å². The lowest BCUT2D eigenvalue weighted by molar-refractivity contribution is 0.0378. The topological polar surface area (TPSA) is 67.4 Å². The molecule has 0 atom stereocenters. The minimum atomic E-state index is -0.624. The van der Waals surface area contributed by atoms with Crippen LogP contribution in [-0.4, -0.2) is 45.5 Å². The smallest absolute Gasteiger partial charge is 0.408 e. The largest absolute Gasteiger partial charge is 0.444 e. The molecule has 21 heavy (non-hydrogen) atoms. The minimum absolute atomic E-state index is 0.154. The first-order valence-corrected chi connectivity index (χ1v) is 9.36. The Labute approximate surface area is 130 Å². The van der Waals surface area contributed by atoms with E-state index in [0.717, 1.165) is 50.2 Å². The van der Waals surface area contributed by atoms with Crippen LogP contribution in [0.1, 0.15) is 52.9 Å². The van der Waals surface area contributed by atoms with Crippen LogP contribution in [0.5, 0.6) is 0 Å². The van der Waals surface area contributed by atoms with Gasteiger partial charge >= 0.3 is 6.09 Å². The number of hydrogen-bond acceptors (Lipinski definition) is 4. The highest BCUT2D eigenvalue weighted by Crippen LogP contribution is 2.32. The van der Waals surface area contributed by atoms with Gasteiger partial charge in [0.25, 0.3) is 0 Å². The molecule has 0 aromatic carbocycles. The number of carbonyl (C=O) groups excluding carboxylic acids is 1.